The number of anilines is 1. The van der Waals surface area contributed by atoms with Crippen molar-refractivity contribution in [2.75, 3.05) is 38.2 Å². The normalized spacial score (nSPS) is 13.9. The van der Waals surface area contributed by atoms with Crippen molar-refractivity contribution in [3.8, 4) is 11.5 Å². The number of ether oxygens (including phenoxy) is 2. The van der Waals surface area contributed by atoms with E-state index in [2.05, 4.69) is 9.88 Å². The molecule has 4 rings (SSSR count). The predicted octanol–water partition coefficient (Wildman–Crippen LogP) is 4.35. The number of hydrogen-bond acceptors (Lipinski definition) is 6. The van der Waals surface area contributed by atoms with Gasteiger partial charge in [0.1, 0.15) is 6.61 Å². The summed E-state index contributed by atoms with van der Waals surface area (Å²) in [6.07, 6.45) is 1.81. The fourth-order valence-corrected chi connectivity index (χ4v) is 4.14. The molecule has 0 atom stereocenters. The van der Waals surface area contributed by atoms with Crippen molar-refractivity contribution in [2.24, 2.45) is 0 Å². The third-order valence-corrected chi connectivity index (χ3v) is 6.06. The summed E-state index contributed by atoms with van der Waals surface area (Å²) in [6.45, 7) is 3.27. The molecule has 30 heavy (non-hydrogen) atoms. The lowest BCUT2D eigenvalue weighted by Crippen LogP contribution is -2.48. The van der Waals surface area contributed by atoms with Gasteiger partial charge in [0.25, 0.3) is 5.91 Å². The van der Waals surface area contributed by atoms with Crippen LogP contribution in [0.15, 0.2) is 54.0 Å². The number of amides is 1. The molecular formula is C22H22ClN3O3S. The fraction of sp³-hybridized carbons (Fsp3) is 0.273. The van der Waals surface area contributed by atoms with E-state index in [1.165, 1.54) is 0 Å². The third-order valence-electron chi connectivity index (χ3n) is 4.97. The number of nitrogens with zero attached hydrogens (tertiary/aromatic N) is 3. The van der Waals surface area contributed by atoms with Gasteiger partial charge in [-0.15, -0.1) is 11.3 Å². The summed E-state index contributed by atoms with van der Waals surface area (Å²) < 4.78 is 11.3. The summed E-state index contributed by atoms with van der Waals surface area (Å²) in [4.78, 5) is 21.4. The first-order valence-corrected chi connectivity index (χ1v) is 10.9. The molecule has 1 amide bonds. The molecule has 0 N–H and O–H groups in total. The molecule has 1 saturated heterocycles. The SMILES string of the molecule is COc1cc(C(=O)N2CCN(c3nccs3)CC2)ccc1OCc1ccc(Cl)cc1. The molecular weight excluding hydrogens is 422 g/mol. The van der Waals surface area contributed by atoms with Crippen LogP contribution in [0.25, 0.3) is 0 Å². The molecule has 8 heteroatoms. The van der Waals surface area contributed by atoms with Gasteiger partial charge in [-0.3, -0.25) is 4.79 Å². The van der Waals surface area contributed by atoms with Crippen LogP contribution in [-0.4, -0.2) is 49.1 Å². The van der Waals surface area contributed by atoms with Gasteiger partial charge in [0, 0.05) is 48.3 Å². The van der Waals surface area contributed by atoms with Crippen LogP contribution in [0.5, 0.6) is 11.5 Å². The number of benzene rings is 2. The number of rotatable bonds is 6. The van der Waals surface area contributed by atoms with Crippen LogP contribution in [0.2, 0.25) is 5.02 Å². The van der Waals surface area contributed by atoms with E-state index in [1.807, 2.05) is 34.5 Å². The number of hydrogen-bond donors (Lipinski definition) is 0. The molecule has 6 nitrogen and oxygen atoms in total. The van der Waals surface area contributed by atoms with Crippen LogP contribution >= 0.6 is 22.9 Å². The molecule has 1 fully saturated rings. The Kier molecular flexibility index (Phi) is 6.40. The van der Waals surface area contributed by atoms with Crippen molar-refractivity contribution in [3.63, 3.8) is 0 Å². The maximum atomic E-state index is 13.0. The first kappa shape index (κ1) is 20.5. The minimum Gasteiger partial charge on any atom is -0.493 e. The van der Waals surface area contributed by atoms with E-state index in [1.54, 1.807) is 42.8 Å². The van der Waals surface area contributed by atoms with Crippen LogP contribution in [0.3, 0.4) is 0 Å². The number of thiazole rings is 1. The Morgan fingerprint density at radius 3 is 2.53 bits per heavy atom. The monoisotopic (exact) mass is 443 g/mol. The largest absolute Gasteiger partial charge is 0.493 e. The summed E-state index contributed by atoms with van der Waals surface area (Å²) in [6, 6.07) is 12.8. The van der Waals surface area contributed by atoms with Crippen LogP contribution in [-0.2, 0) is 6.61 Å². The molecule has 3 aromatic rings. The van der Waals surface area contributed by atoms with E-state index in [-0.39, 0.29) is 5.91 Å². The average Bonchev–Trinajstić information content (AvgIpc) is 3.33. The summed E-state index contributed by atoms with van der Waals surface area (Å²) in [5.74, 6) is 1.13. The summed E-state index contributed by atoms with van der Waals surface area (Å²) in [7, 11) is 1.57. The van der Waals surface area contributed by atoms with Gasteiger partial charge in [-0.05, 0) is 35.9 Å². The van der Waals surface area contributed by atoms with Gasteiger partial charge in [0.05, 0.1) is 7.11 Å². The lowest BCUT2D eigenvalue weighted by molar-refractivity contribution is 0.0746. The lowest BCUT2D eigenvalue weighted by atomic mass is 10.1. The van der Waals surface area contributed by atoms with Crippen molar-refractivity contribution in [2.45, 2.75) is 6.61 Å². The van der Waals surface area contributed by atoms with E-state index in [4.69, 9.17) is 21.1 Å². The van der Waals surface area contributed by atoms with Crippen molar-refractivity contribution in [3.05, 3.63) is 70.2 Å². The minimum absolute atomic E-state index is 0.00339. The Balaban J connectivity index is 1.39. The highest BCUT2D eigenvalue weighted by molar-refractivity contribution is 7.13. The second kappa shape index (κ2) is 9.36. The Labute approximate surface area is 184 Å². The van der Waals surface area contributed by atoms with E-state index in [0.717, 1.165) is 23.8 Å². The maximum absolute atomic E-state index is 13.0. The quantitative estimate of drug-likeness (QED) is 0.567. The first-order chi connectivity index (χ1) is 14.6. The number of halogens is 1. The highest BCUT2D eigenvalue weighted by Gasteiger charge is 2.24. The van der Waals surface area contributed by atoms with Crippen LogP contribution in [0.4, 0.5) is 5.13 Å². The fourth-order valence-electron chi connectivity index (χ4n) is 3.32. The minimum atomic E-state index is -0.00339. The van der Waals surface area contributed by atoms with Crippen molar-refractivity contribution < 1.29 is 14.3 Å². The molecule has 1 aliphatic rings. The molecule has 0 spiro atoms. The number of methoxy groups -OCH3 is 1. The van der Waals surface area contributed by atoms with Gasteiger partial charge in [0.15, 0.2) is 16.6 Å². The molecule has 1 aromatic heterocycles. The summed E-state index contributed by atoms with van der Waals surface area (Å²) in [5.41, 5.74) is 1.59. The third kappa shape index (κ3) is 4.68. The van der Waals surface area contributed by atoms with Gasteiger partial charge in [-0.2, -0.15) is 0 Å². The number of carbonyl (C=O) groups is 1. The second-order valence-electron chi connectivity index (χ2n) is 6.87. The van der Waals surface area contributed by atoms with Gasteiger partial charge >= 0.3 is 0 Å². The van der Waals surface area contributed by atoms with Crippen molar-refractivity contribution in [1.29, 1.82) is 0 Å². The molecule has 0 radical (unpaired) electrons. The Hall–Kier alpha value is -2.77. The molecule has 2 aromatic carbocycles. The number of carbonyl (C=O) groups excluding carboxylic acids is 1. The Bertz CT molecular complexity index is 987. The van der Waals surface area contributed by atoms with Crippen LogP contribution in [0, 0.1) is 0 Å². The van der Waals surface area contributed by atoms with Crippen molar-refractivity contribution in [1.82, 2.24) is 9.88 Å². The van der Waals surface area contributed by atoms with Crippen molar-refractivity contribution >= 4 is 34.0 Å². The molecule has 0 unspecified atom stereocenters. The zero-order valence-corrected chi connectivity index (χ0v) is 18.2. The summed E-state index contributed by atoms with van der Waals surface area (Å²) >= 11 is 7.54. The van der Waals surface area contributed by atoms with Gasteiger partial charge < -0.3 is 19.3 Å². The zero-order chi connectivity index (χ0) is 20.9. The molecule has 0 bridgehead atoms. The number of aromatic nitrogens is 1. The van der Waals surface area contributed by atoms with E-state index >= 15 is 0 Å². The van der Waals surface area contributed by atoms with E-state index in [0.29, 0.717) is 41.8 Å². The second-order valence-corrected chi connectivity index (χ2v) is 8.18. The molecule has 156 valence electrons. The lowest BCUT2D eigenvalue weighted by Gasteiger charge is -2.34. The van der Waals surface area contributed by atoms with Gasteiger partial charge in [0.2, 0.25) is 0 Å². The topological polar surface area (TPSA) is 54.9 Å². The highest BCUT2D eigenvalue weighted by Crippen LogP contribution is 2.30. The van der Waals surface area contributed by atoms with Gasteiger partial charge in [-0.1, -0.05) is 23.7 Å². The smallest absolute Gasteiger partial charge is 0.254 e. The maximum Gasteiger partial charge on any atom is 0.254 e. The van der Waals surface area contributed by atoms with Gasteiger partial charge in [-0.25, -0.2) is 4.98 Å². The van der Waals surface area contributed by atoms with E-state index in [9.17, 15) is 4.79 Å². The summed E-state index contributed by atoms with van der Waals surface area (Å²) in [5, 5.41) is 3.66. The first-order valence-electron chi connectivity index (χ1n) is 9.63. The predicted molar refractivity (Wildman–Crippen MR) is 119 cm³/mol. The molecule has 0 aliphatic carbocycles. The van der Waals surface area contributed by atoms with E-state index < -0.39 is 0 Å². The molecule has 0 saturated carbocycles. The van der Waals surface area contributed by atoms with Crippen LogP contribution in [0.1, 0.15) is 15.9 Å². The average molecular weight is 444 g/mol. The standard InChI is InChI=1S/C22H22ClN3O3S/c1-28-20-14-17(4-7-19(20)29-15-16-2-5-18(23)6-3-16)21(27)25-9-11-26(12-10-25)22-24-8-13-30-22/h2-8,13-14H,9-12,15H2,1H3. The highest BCUT2D eigenvalue weighted by atomic mass is 35.5. The van der Waals surface area contributed by atoms with Crippen LogP contribution < -0.4 is 14.4 Å². The molecule has 1 aliphatic heterocycles. The number of piperazine rings is 1. The Morgan fingerprint density at radius 2 is 1.87 bits per heavy atom. The Morgan fingerprint density at radius 1 is 1.10 bits per heavy atom. The zero-order valence-electron chi connectivity index (χ0n) is 16.6. The molecule has 2 heterocycles.